The zero-order valence-corrected chi connectivity index (χ0v) is 22.1. The molecule has 10 heteroatoms. The summed E-state index contributed by atoms with van der Waals surface area (Å²) in [7, 11) is 0. The molecule has 10 nitrogen and oxygen atoms in total. The number of benzene rings is 2. The van der Waals surface area contributed by atoms with Crippen molar-refractivity contribution in [3.05, 3.63) is 70.9 Å². The summed E-state index contributed by atoms with van der Waals surface area (Å²) in [5, 5.41) is 19.5. The van der Waals surface area contributed by atoms with Gasteiger partial charge >= 0.3 is 5.97 Å². The van der Waals surface area contributed by atoms with E-state index in [2.05, 4.69) is 15.8 Å². The van der Waals surface area contributed by atoms with E-state index < -0.39 is 5.97 Å². The minimum Gasteiger partial charge on any atom is -0.481 e. The van der Waals surface area contributed by atoms with Gasteiger partial charge in [-0.15, -0.1) is 0 Å². The highest BCUT2D eigenvalue weighted by Crippen LogP contribution is 2.24. The van der Waals surface area contributed by atoms with Crippen molar-refractivity contribution in [3.8, 4) is 0 Å². The monoisotopic (exact) mass is 533 g/mol. The molecule has 1 aliphatic carbocycles. The number of amides is 2. The van der Waals surface area contributed by atoms with E-state index in [1.54, 1.807) is 24.4 Å². The molecule has 39 heavy (non-hydrogen) atoms. The first kappa shape index (κ1) is 27.8. The molecule has 3 aromatic rings. The van der Waals surface area contributed by atoms with Crippen LogP contribution in [0.25, 0.3) is 10.9 Å². The summed E-state index contributed by atoms with van der Waals surface area (Å²) < 4.78 is 1.94. The fraction of sp³-hybridized carbons (Fsp3) is 0.379. The summed E-state index contributed by atoms with van der Waals surface area (Å²) in [4.78, 5) is 42.0. The Bertz CT molecular complexity index is 1360. The quantitative estimate of drug-likeness (QED) is 0.220. The van der Waals surface area contributed by atoms with E-state index in [9.17, 15) is 14.4 Å². The van der Waals surface area contributed by atoms with Crippen LogP contribution in [0.4, 0.5) is 0 Å². The molecule has 1 fully saturated rings. The van der Waals surface area contributed by atoms with E-state index in [-0.39, 0.29) is 36.9 Å². The molecule has 1 heterocycles. The average Bonchev–Trinajstić information content (AvgIpc) is 3.27. The van der Waals surface area contributed by atoms with Gasteiger partial charge in [0, 0.05) is 41.6 Å². The predicted octanol–water partition coefficient (Wildman–Crippen LogP) is 3.26. The minimum atomic E-state index is -0.976. The standard InChI is InChI=1S/C29H35N5O5/c1-2-39-32-17-19-6-7-21-16-26(29(38)33-24-10-8-23(30)9-11-24)34(25(21)15-19)18-20-4-3-5-22(14-20)28(37)31-13-12-27(35)36/h3-7,14-17,23-24H,2,8-13,18,30H2,1H3,(H,31,37)(H,33,38)(H,35,36)/b32-17+. The number of nitrogens with two attached hydrogens (primary N) is 1. The second-order valence-electron chi connectivity index (χ2n) is 9.77. The number of hydrogen-bond donors (Lipinski definition) is 4. The molecule has 4 rings (SSSR count). The van der Waals surface area contributed by atoms with Crippen LogP contribution in [0.2, 0.25) is 0 Å². The van der Waals surface area contributed by atoms with Gasteiger partial charge in [0.05, 0.1) is 12.6 Å². The number of oxime groups is 1. The van der Waals surface area contributed by atoms with Gasteiger partial charge in [-0.1, -0.05) is 29.4 Å². The Morgan fingerprint density at radius 2 is 1.90 bits per heavy atom. The SMILES string of the molecule is CCO/N=C/c1ccc2cc(C(=O)NC3CCC(N)CC3)n(Cc3cccc(C(=O)NCCC(=O)O)c3)c2c1. The number of aliphatic carboxylic acids is 1. The first-order valence-corrected chi connectivity index (χ1v) is 13.3. The van der Waals surface area contributed by atoms with E-state index in [1.807, 2.05) is 41.8 Å². The topological polar surface area (TPSA) is 148 Å². The van der Waals surface area contributed by atoms with Crippen LogP contribution in [-0.4, -0.2) is 58.9 Å². The first-order chi connectivity index (χ1) is 18.8. The fourth-order valence-electron chi connectivity index (χ4n) is 4.78. The van der Waals surface area contributed by atoms with Gasteiger partial charge in [0.15, 0.2) is 0 Å². The smallest absolute Gasteiger partial charge is 0.305 e. The zero-order valence-electron chi connectivity index (χ0n) is 22.1. The van der Waals surface area contributed by atoms with Gasteiger partial charge in [0.2, 0.25) is 0 Å². The van der Waals surface area contributed by atoms with Crippen LogP contribution >= 0.6 is 0 Å². The van der Waals surface area contributed by atoms with Gasteiger partial charge in [0.25, 0.3) is 11.8 Å². The van der Waals surface area contributed by atoms with Crippen LogP contribution in [0.1, 0.15) is 71.0 Å². The largest absolute Gasteiger partial charge is 0.481 e. The molecule has 0 unspecified atom stereocenters. The molecular weight excluding hydrogens is 498 g/mol. The van der Waals surface area contributed by atoms with E-state index in [4.69, 9.17) is 15.7 Å². The maximum atomic E-state index is 13.5. The Labute approximate surface area is 227 Å². The third-order valence-electron chi connectivity index (χ3n) is 6.83. The molecule has 0 saturated heterocycles. The number of carbonyl (C=O) groups excluding carboxylic acids is 2. The number of nitrogens with one attached hydrogen (secondary N) is 2. The second-order valence-corrected chi connectivity index (χ2v) is 9.77. The number of hydrogen-bond acceptors (Lipinski definition) is 6. The highest BCUT2D eigenvalue weighted by atomic mass is 16.6. The Morgan fingerprint density at radius 1 is 1.10 bits per heavy atom. The third-order valence-corrected chi connectivity index (χ3v) is 6.83. The number of aromatic nitrogens is 1. The molecule has 1 saturated carbocycles. The van der Waals surface area contributed by atoms with Crippen LogP contribution in [0, 0.1) is 0 Å². The summed E-state index contributed by atoms with van der Waals surface area (Å²) in [6.07, 6.45) is 4.96. The molecule has 0 atom stereocenters. The van der Waals surface area contributed by atoms with Gasteiger partial charge in [-0.05, 0) is 68.0 Å². The highest BCUT2D eigenvalue weighted by molar-refractivity contribution is 6.00. The number of fused-ring (bicyclic) bond motifs is 1. The van der Waals surface area contributed by atoms with Crippen LogP contribution in [-0.2, 0) is 16.2 Å². The van der Waals surface area contributed by atoms with Crippen molar-refractivity contribution in [2.45, 2.75) is 57.7 Å². The van der Waals surface area contributed by atoms with Gasteiger partial charge in [-0.3, -0.25) is 14.4 Å². The summed E-state index contributed by atoms with van der Waals surface area (Å²) in [5.74, 6) is -1.48. The molecule has 2 amide bonds. The highest BCUT2D eigenvalue weighted by Gasteiger charge is 2.23. The summed E-state index contributed by atoms with van der Waals surface area (Å²) in [5.41, 5.74) is 9.49. The lowest BCUT2D eigenvalue weighted by molar-refractivity contribution is -0.136. The summed E-state index contributed by atoms with van der Waals surface area (Å²) >= 11 is 0. The first-order valence-electron chi connectivity index (χ1n) is 13.3. The Kier molecular flexibility index (Phi) is 9.32. The molecule has 0 aliphatic heterocycles. The van der Waals surface area contributed by atoms with Gasteiger partial charge < -0.3 is 30.9 Å². The van der Waals surface area contributed by atoms with Crippen molar-refractivity contribution in [3.63, 3.8) is 0 Å². The minimum absolute atomic E-state index is 0.0447. The van der Waals surface area contributed by atoms with E-state index in [1.165, 1.54) is 0 Å². The second kappa shape index (κ2) is 13.1. The fourth-order valence-corrected chi connectivity index (χ4v) is 4.78. The van der Waals surface area contributed by atoms with Crippen LogP contribution in [0.15, 0.2) is 53.7 Å². The van der Waals surface area contributed by atoms with Crippen molar-refractivity contribution in [2.24, 2.45) is 10.9 Å². The van der Waals surface area contributed by atoms with E-state index in [0.29, 0.717) is 24.4 Å². The lowest BCUT2D eigenvalue weighted by atomic mass is 9.92. The molecule has 5 N–H and O–H groups in total. The number of carbonyl (C=O) groups is 3. The van der Waals surface area contributed by atoms with Crippen molar-refractivity contribution < 1.29 is 24.3 Å². The zero-order chi connectivity index (χ0) is 27.8. The lowest BCUT2D eigenvalue weighted by Crippen LogP contribution is -2.41. The lowest BCUT2D eigenvalue weighted by Gasteiger charge is -2.27. The molecule has 0 spiro atoms. The Hall–Kier alpha value is -4.18. The maximum absolute atomic E-state index is 13.5. The molecule has 1 aliphatic rings. The van der Waals surface area contributed by atoms with Crippen LogP contribution in [0.3, 0.4) is 0 Å². The molecule has 1 aromatic heterocycles. The van der Waals surface area contributed by atoms with Crippen molar-refractivity contribution in [1.29, 1.82) is 0 Å². The Morgan fingerprint density at radius 3 is 2.64 bits per heavy atom. The predicted molar refractivity (Wildman–Crippen MR) is 149 cm³/mol. The molecule has 0 radical (unpaired) electrons. The number of rotatable bonds is 11. The van der Waals surface area contributed by atoms with Gasteiger partial charge in [-0.2, -0.15) is 0 Å². The van der Waals surface area contributed by atoms with Crippen molar-refractivity contribution in [2.75, 3.05) is 13.2 Å². The van der Waals surface area contributed by atoms with Gasteiger partial charge in [-0.25, -0.2) is 0 Å². The maximum Gasteiger partial charge on any atom is 0.305 e. The molecule has 2 aromatic carbocycles. The third kappa shape index (κ3) is 7.44. The van der Waals surface area contributed by atoms with E-state index in [0.717, 1.165) is 47.7 Å². The Balaban J connectivity index is 1.63. The van der Waals surface area contributed by atoms with Crippen LogP contribution in [0.5, 0.6) is 0 Å². The van der Waals surface area contributed by atoms with Crippen molar-refractivity contribution >= 4 is 34.9 Å². The summed E-state index contributed by atoms with van der Waals surface area (Å²) in [6, 6.07) is 15.1. The van der Waals surface area contributed by atoms with Crippen molar-refractivity contribution in [1.82, 2.24) is 15.2 Å². The molecule has 0 bridgehead atoms. The average molecular weight is 534 g/mol. The number of carboxylic acid groups (broad SMARTS) is 1. The number of nitrogens with zero attached hydrogens (tertiary/aromatic N) is 2. The van der Waals surface area contributed by atoms with Gasteiger partial charge in [0.1, 0.15) is 12.3 Å². The molecular formula is C29H35N5O5. The summed E-state index contributed by atoms with van der Waals surface area (Å²) in [6.45, 7) is 2.72. The molecule has 206 valence electrons. The van der Waals surface area contributed by atoms with E-state index >= 15 is 0 Å². The number of carboxylic acids is 1. The normalized spacial score (nSPS) is 17.3. The van der Waals surface area contributed by atoms with Crippen LogP contribution < -0.4 is 16.4 Å².